The number of rotatable bonds is 7. The van der Waals surface area contributed by atoms with Gasteiger partial charge in [-0.25, -0.2) is 0 Å². The predicted molar refractivity (Wildman–Crippen MR) is 66.3 cm³/mol. The highest BCUT2D eigenvalue weighted by atomic mass is 32.2. The minimum Gasteiger partial charge on any atom is -0.392 e. The van der Waals surface area contributed by atoms with Gasteiger partial charge in [-0.3, -0.25) is 0 Å². The third kappa shape index (κ3) is 5.03. The van der Waals surface area contributed by atoms with Gasteiger partial charge in [-0.15, -0.1) is 11.3 Å². The molecule has 0 aliphatic carbocycles. The summed E-state index contributed by atoms with van der Waals surface area (Å²) in [5.41, 5.74) is 0. The molecule has 1 unspecified atom stereocenters. The lowest BCUT2D eigenvalue weighted by Crippen LogP contribution is -2.11. The molecule has 1 rings (SSSR count). The number of hydrogen-bond donors (Lipinski definition) is 1. The van der Waals surface area contributed by atoms with Crippen LogP contribution in [0, 0.1) is 0 Å². The van der Waals surface area contributed by atoms with Crippen LogP contribution in [0.2, 0.25) is 0 Å². The molecule has 14 heavy (non-hydrogen) atoms. The molecule has 0 aromatic carbocycles. The Labute approximate surface area is 94.5 Å². The molecule has 0 bridgehead atoms. The molecule has 1 aromatic heterocycles. The maximum absolute atomic E-state index is 9.66. The summed E-state index contributed by atoms with van der Waals surface area (Å²) in [4.78, 5) is 1.38. The zero-order chi connectivity index (χ0) is 10.2. The van der Waals surface area contributed by atoms with Crippen LogP contribution in [0.25, 0.3) is 0 Å². The van der Waals surface area contributed by atoms with Gasteiger partial charge in [-0.2, -0.15) is 11.8 Å². The molecular weight excluding hydrogens is 212 g/mol. The van der Waals surface area contributed by atoms with Crippen molar-refractivity contribution < 1.29 is 5.11 Å². The van der Waals surface area contributed by atoms with Gasteiger partial charge in [0.05, 0.1) is 6.10 Å². The lowest BCUT2D eigenvalue weighted by atomic mass is 10.2. The summed E-state index contributed by atoms with van der Waals surface area (Å²) in [5, 5.41) is 11.7. The van der Waals surface area contributed by atoms with Crippen LogP contribution in [0.5, 0.6) is 0 Å². The van der Waals surface area contributed by atoms with Gasteiger partial charge in [0.25, 0.3) is 0 Å². The highest BCUT2D eigenvalue weighted by Gasteiger charge is 2.04. The van der Waals surface area contributed by atoms with Crippen LogP contribution in [-0.2, 0) is 6.42 Å². The molecule has 0 aliphatic heterocycles. The molecule has 1 heterocycles. The van der Waals surface area contributed by atoms with E-state index in [2.05, 4.69) is 24.4 Å². The molecule has 0 fully saturated rings. The van der Waals surface area contributed by atoms with Gasteiger partial charge in [0.1, 0.15) is 0 Å². The van der Waals surface area contributed by atoms with Gasteiger partial charge in [0, 0.05) is 10.6 Å². The van der Waals surface area contributed by atoms with Crippen LogP contribution in [0.4, 0.5) is 0 Å². The fourth-order valence-corrected chi connectivity index (χ4v) is 2.83. The fraction of sp³-hybridized carbons (Fsp3) is 0.636. The van der Waals surface area contributed by atoms with Gasteiger partial charge in [-0.05, 0) is 36.5 Å². The fourth-order valence-electron chi connectivity index (χ4n) is 1.21. The second-order valence-corrected chi connectivity index (χ2v) is 5.53. The van der Waals surface area contributed by atoms with Gasteiger partial charge >= 0.3 is 0 Å². The van der Waals surface area contributed by atoms with Crippen LogP contribution < -0.4 is 0 Å². The van der Waals surface area contributed by atoms with Gasteiger partial charge in [0.15, 0.2) is 0 Å². The first-order valence-corrected chi connectivity index (χ1v) is 7.14. The van der Waals surface area contributed by atoms with Crippen molar-refractivity contribution in [1.29, 1.82) is 0 Å². The quantitative estimate of drug-likeness (QED) is 0.726. The molecule has 0 spiro atoms. The van der Waals surface area contributed by atoms with E-state index in [0.29, 0.717) is 0 Å². The van der Waals surface area contributed by atoms with E-state index in [9.17, 15) is 5.11 Å². The van der Waals surface area contributed by atoms with E-state index in [1.807, 2.05) is 11.8 Å². The maximum Gasteiger partial charge on any atom is 0.0634 e. The topological polar surface area (TPSA) is 20.2 Å². The number of aryl methyl sites for hydroxylation is 1. The average molecular weight is 230 g/mol. The van der Waals surface area contributed by atoms with Gasteiger partial charge < -0.3 is 5.11 Å². The first-order chi connectivity index (χ1) is 6.83. The summed E-state index contributed by atoms with van der Waals surface area (Å²) in [7, 11) is 0. The first kappa shape index (κ1) is 12.1. The van der Waals surface area contributed by atoms with E-state index in [1.165, 1.54) is 11.3 Å². The normalized spacial score (nSPS) is 13.0. The van der Waals surface area contributed by atoms with Gasteiger partial charge in [-0.1, -0.05) is 13.0 Å². The van der Waals surface area contributed by atoms with Crippen molar-refractivity contribution >= 4 is 23.1 Å². The van der Waals surface area contributed by atoms with E-state index in [-0.39, 0.29) is 6.10 Å². The third-order valence-electron chi connectivity index (χ3n) is 1.96. The Balaban J connectivity index is 2.06. The van der Waals surface area contributed by atoms with Crippen LogP contribution >= 0.6 is 23.1 Å². The highest BCUT2D eigenvalue weighted by Crippen LogP contribution is 2.14. The van der Waals surface area contributed by atoms with Crippen LogP contribution in [0.15, 0.2) is 17.5 Å². The third-order valence-corrected chi connectivity index (χ3v) is 4.22. The van der Waals surface area contributed by atoms with Crippen molar-refractivity contribution in [3.63, 3.8) is 0 Å². The number of hydrogen-bond acceptors (Lipinski definition) is 3. The lowest BCUT2D eigenvalue weighted by Gasteiger charge is -2.08. The molecule has 0 radical (unpaired) electrons. The van der Waals surface area contributed by atoms with E-state index in [1.54, 1.807) is 11.3 Å². The van der Waals surface area contributed by atoms with Crippen molar-refractivity contribution in [2.45, 2.75) is 32.3 Å². The summed E-state index contributed by atoms with van der Waals surface area (Å²) in [5.74, 6) is 2.05. The SMILES string of the molecule is CCCSCC(O)CCc1cccs1. The molecule has 0 saturated carbocycles. The number of thiophene rings is 1. The Morgan fingerprint density at radius 1 is 1.57 bits per heavy atom. The predicted octanol–water partition coefficient (Wildman–Crippen LogP) is 3.18. The van der Waals surface area contributed by atoms with Crippen molar-refractivity contribution in [2.75, 3.05) is 11.5 Å². The Hall–Kier alpha value is 0.01000. The van der Waals surface area contributed by atoms with Crippen LogP contribution in [-0.4, -0.2) is 22.7 Å². The van der Waals surface area contributed by atoms with E-state index < -0.39 is 0 Å². The summed E-state index contributed by atoms with van der Waals surface area (Å²) < 4.78 is 0. The number of thioether (sulfide) groups is 1. The van der Waals surface area contributed by atoms with E-state index >= 15 is 0 Å². The van der Waals surface area contributed by atoms with E-state index in [0.717, 1.165) is 24.3 Å². The molecule has 1 atom stereocenters. The van der Waals surface area contributed by atoms with E-state index in [4.69, 9.17) is 0 Å². The molecule has 0 saturated heterocycles. The number of aliphatic hydroxyl groups is 1. The lowest BCUT2D eigenvalue weighted by molar-refractivity contribution is 0.190. The van der Waals surface area contributed by atoms with Crippen molar-refractivity contribution in [3.05, 3.63) is 22.4 Å². The molecule has 1 aromatic rings. The molecule has 1 nitrogen and oxygen atoms in total. The van der Waals surface area contributed by atoms with Crippen molar-refractivity contribution in [2.24, 2.45) is 0 Å². The van der Waals surface area contributed by atoms with Gasteiger partial charge in [0.2, 0.25) is 0 Å². The zero-order valence-corrected chi connectivity index (χ0v) is 10.2. The van der Waals surface area contributed by atoms with Crippen molar-refractivity contribution in [1.82, 2.24) is 0 Å². The monoisotopic (exact) mass is 230 g/mol. The highest BCUT2D eigenvalue weighted by molar-refractivity contribution is 7.99. The Morgan fingerprint density at radius 3 is 3.07 bits per heavy atom. The Bertz CT molecular complexity index is 221. The Morgan fingerprint density at radius 2 is 2.43 bits per heavy atom. The molecule has 0 amide bonds. The maximum atomic E-state index is 9.66. The minimum atomic E-state index is -0.131. The number of aliphatic hydroxyl groups excluding tert-OH is 1. The Kier molecular flexibility index (Phi) is 6.32. The summed E-state index contributed by atoms with van der Waals surface area (Å²) in [6.45, 7) is 2.17. The minimum absolute atomic E-state index is 0.131. The second kappa shape index (κ2) is 7.32. The molecule has 0 aliphatic rings. The first-order valence-electron chi connectivity index (χ1n) is 5.11. The molecule has 80 valence electrons. The standard InChI is InChI=1S/C11H18OS2/c1-2-7-13-9-10(12)5-6-11-4-3-8-14-11/h3-4,8,10,12H,2,5-7,9H2,1H3. The summed E-state index contributed by atoms with van der Waals surface area (Å²) >= 11 is 3.63. The molecular formula is C11H18OS2. The molecule has 3 heteroatoms. The van der Waals surface area contributed by atoms with Crippen molar-refractivity contribution in [3.8, 4) is 0 Å². The van der Waals surface area contributed by atoms with Crippen LogP contribution in [0.3, 0.4) is 0 Å². The average Bonchev–Trinajstić information content (AvgIpc) is 2.68. The summed E-state index contributed by atoms with van der Waals surface area (Å²) in [6, 6.07) is 4.20. The smallest absolute Gasteiger partial charge is 0.0634 e. The second-order valence-electron chi connectivity index (χ2n) is 3.35. The largest absolute Gasteiger partial charge is 0.392 e. The zero-order valence-electron chi connectivity index (χ0n) is 8.61. The summed E-state index contributed by atoms with van der Waals surface area (Å²) in [6.07, 6.45) is 2.99. The molecule has 1 N–H and O–H groups in total. The van der Waals surface area contributed by atoms with Crippen LogP contribution in [0.1, 0.15) is 24.6 Å².